The second-order valence-electron chi connectivity index (χ2n) is 3.91. The van der Waals surface area contributed by atoms with Gasteiger partial charge in [-0.2, -0.15) is 0 Å². The van der Waals surface area contributed by atoms with E-state index in [4.69, 9.17) is 14.6 Å². The summed E-state index contributed by atoms with van der Waals surface area (Å²) in [6.45, 7) is 1.82. The van der Waals surface area contributed by atoms with Gasteiger partial charge < -0.3 is 19.9 Å². The zero-order valence-electron chi connectivity index (χ0n) is 10.9. The van der Waals surface area contributed by atoms with E-state index in [-0.39, 0.29) is 25.5 Å². The molecule has 6 heteroatoms. The highest BCUT2D eigenvalue weighted by atomic mass is 16.5. The van der Waals surface area contributed by atoms with E-state index in [0.717, 1.165) is 11.3 Å². The molecule has 6 nitrogen and oxygen atoms in total. The topological polar surface area (TPSA) is 84.9 Å². The molecule has 1 aromatic rings. The summed E-state index contributed by atoms with van der Waals surface area (Å²) in [6.07, 6.45) is -0.104. The van der Waals surface area contributed by atoms with Crippen molar-refractivity contribution in [3.63, 3.8) is 0 Å². The first-order chi connectivity index (χ1) is 9.02. The van der Waals surface area contributed by atoms with Crippen LogP contribution in [0.4, 0.5) is 0 Å². The molecule has 0 fully saturated rings. The molecule has 0 spiro atoms. The normalized spacial score (nSPS) is 9.79. The fourth-order valence-electron chi connectivity index (χ4n) is 1.45. The smallest absolute Gasteiger partial charge is 0.305 e. The number of rotatable bonds is 7. The number of aryl methyl sites for hydroxylation is 1. The molecule has 2 N–H and O–H groups in total. The summed E-state index contributed by atoms with van der Waals surface area (Å²) in [5.74, 6) is 0.00617. The lowest BCUT2D eigenvalue weighted by atomic mass is 10.2. The lowest BCUT2D eigenvalue weighted by molar-refractivity contribution is -0.137. The van der Waals surface area contributed by atoms with Gasteiger partial charge >= 0.3 is 5.97 Å². The number of carboxylic acids is 1. The Morgan fingerprint density at radius 3 is 2.68 bits per heavy atom. The van der Waals surface area contributed by atoms with Gasteiger partial charge in [-0.15, -0.1) is 0 Å². The third-order valence-corrected chi connectivity index (χ3v) is 2.40. The highest BCUT2D eigenvalue weighted by molar-refractivity contribution is 5.78. The van der Waals surface area contributed by atoms with Crippen molar-refractivity contribution in [3.8, 4) is 11.5 Å². The summed E-state index contributed by atoms with van der Waals surface area (Å²) in [4.78, 5) is 21.6. The molecule has 0 bridgehead atoms. The zero-order valence-corrected chi connectivity index (χ0v) is 10.9. The van der Waals surface area contributed by atoms with E-state index in [1.165, 1.54) is 0 Å². The Balaban J connectivity index is 2.37. The minimum absolute atomic E-state index is 0.0964. The van der Waals surface area contributed by atoms with E-state index >= 15 is 0 Å². The van der Waals surface area contributed by atoms with Crippen LogP contribution < -0.4 is 14.8 Å². The molecule has 0 saturated carbocycles. The fourth-order valence-corrected chi connectivity index (χ4v) is 1.45. The minimum atomic E-state index is -0.952. The minimum Gasteiger partial charge on any atom is -0.496 e. The SMILES string of the molecule is COc1ccc(OCC(=O)NCCC(=O)O)cc1C. The van der Waals surface area contributed by atoms with Crippen LogP contribution >= 0.6 is 0 Å². The molecule has 0 aliphatic rings. The molecule has 0 aliphatic carbocycles. The third-order valence-electron chi connectivity index (χ3n) is 2.40. The van der Waals surface area contributed by atoms with E-state index in [9.17, 15) is 9.59 Å². The van der Waals surface area contributed by atoms with Crippen LogP contribution in [-0.2, 0) is 9.59 Å². The maximum Gasteiger partial charge on any atom is 0.305 e. The molecule has 0 radical (unpaired) electrons. The lowest BCUT2D eigenvalue weighted by Gasteiger charge is -2.09. The Labute approximate surface area is 111 Å². The molecule has 0 aromatic heterocycles. The quantitative estimate of drug-likeness (QED) is 0.769. The van der Waals surface area contributed by atoms with Crippen LogP contribution in [0.1, 0.15) is 12.0 Å². The Bertz CT molecular complexity index is 458. The van der Waals surface area contributed by atoms with Crippen LogP contribution in [-0.4, -0.2) is 37.2 Å². The van der Waals surface area contributed by atoms with Crippen molar-refractivity contribution in [2.45, 2.75) is 13.3 Å². The molecule has 0 aliphatic heterocycles. The van der Waals surface area contributed by atoms with Gasteiger partial charge in [0.25, 0.3) is 5.91 Å². The van der Waals surface area contributed by atoms with Crippen LogP contribution in [0.25, 0.3) is 0 Å². The average molecular weight is 267 g/mol. The van der Waals surface area contributed by atoms with E-state index < -0.39 is 5.97 Å². The summed E-state index contributed by atoms with van der Waals surface area (Å²) in [5.41, 5.74) is 0.909. The first kappa shape index (κ1) is 14.8. The number of carboxylic acid groups (broad SMARTS) is 1. The Morgan fingerprint density at radius 2 is 2.11 bits per heavy atom. The van der Waals surface area contributed by atoms with E-state index in [2.05, 4.69) is 5.32 Å². The number of amides is 1. The first-order valence-electron chi connectivity index (χ1n) is 5.79. The molecule has 1 rings (SSSR count). The van der Waals surface area contributed by atoms with Crippen molar-refractivity contribution in [2.24, 2.45) is 0 Å². The monoisotopic (exact) mass is 267 g/mol. The predicted octanol–water partition coefficient (Wildman–Crippen LogP) is 0.973. The van der Waals surface area contributed by atoms with Crippen LogP contribution in [0.15, 0.2) is 18.2 Å². The van der Waals surface area contributed by atoms with Crippen molar-refractivity contribution in [2.75, 3.05) is 20.3 Å². The third kappa shape index (κ3) is 5.29. The highest BCUT2D eigenvalue weighted by Gasteiger charge is 2.05. The molecule has 0 heterocycles. The average Bonchev–Trinajstić information content (AvgIpc) is 2.36. The van der Waals surface area contributed by atoms with Crippen LogP contribution in [0, 0.1) is 6.92 Å². The van der Waals surface area contributed by atoms with Gasteiger partial charge in [0.15, 0.2) is 6.61 Å². The molecule has 19 heavy (non-hydrogen) atoms. The maximum atomic E-state index is 11.4. The van der Waals surface area contributed by atoms with E-state index in [1.807, 2.05) is 6.92 Å². The Hall–Kier alpha value is -2.24. The number of benzene rings is 1. The molecule has 0 unspecified atom stereocenters. The fraction of sp³-hybridized carbons (Fsp3) is 0.385. The maximum absolute atomic E-state index is 11.4. The number of carbonyl (C=O) groups is 2. The standard InChI is InChI=1S/C13H17NO5/c1-9-7-10(3-4-11(9)18-2)19-8-12(15)14-6-5-13(16)17/h3-4,7H,5-6,8H2,1-2H3,(H,14,15)(H,16,17). The Kier molecular flexibility index (Phi) is 5.66. The number of carbonyl (C=O) groups excluding carboxylic acids is 1. The van der Waals surface area contributed by atoms with Gasteiger partial charge in [-0.1, -0.05) is 0 Å². The van der Waals surface area contributed by atoms with Crippen molar-refractivity contribution in [3.05, 3.63) is 23.8 Å². The van der Waals surface area contributed by atoms with Crippen molar-refractivity contribution in [1.29, 1.82) is 0 Å². The van der Waals surface area contributed by atoms with E-state index in [1.54, 1.807) is 25.3 Å². The Morgan fingerprint density at radius 1 is 1.37 bits per heavy atom. The van der Waals surface area contributed by atoms with Crippen LogP contribution in [0.3, 0.4) is 0 Å². The van der Waals surface area contributed by atoms with E-state index in [0.29, 0.717) is 5.75 Å². The second kappa shape index (κ2) is 7.25. The lowest BCUT2D eigenvalue weighted by Crippen LogP contribution is -2.30. The van der Waals surface area contributed by atoms with Gasteiger partial charge in [-0.25, -0.2) is 0 Å². The van der Waals surface area contributed by atoms with Gasteiger partial charge in [0.2, 0.25) is 0 Å². The largest absolute Gasteiger partial charge is 0.496 e. The van der Waals surface area contributed by atoms with Gasteiger partial charge in [-0.05, 0) is 30.7 Å². The number of ether oxygens (including phenoxy) is 2. The van der Waals surface area contributed by atoms with Gasteiger partial charge in [0, 0.05) is 6.54 Å². The number of hydrogen-bond donors (Lipinski definition) is 2. The summed E-state index contributed by atoms with van der Waals surface area (Å²) >= 11 is 0. The van der Waals surface area contributed by atoms with Crippen LogP contribution in [0.5, 0.6) is 11.5 Å². The summed E-state index contributed by atoms with van der Waals surface area (Å²) in [5, 5.41) is 10.9. The molecule has 0 saturated heterocycles. The van der Waals surface area contributed by atoms with Crippen molar-refractivity contribution >= 4 is 11.9 Å². The predicted molar refractivity (Wildman–Crippen MR) is 68.5 cm³/mol. The van der Waals surface area contributed by atoms with Crippen molar-refractivity contribution in [1.82, 2.24) is 5.32 Å². The molecule has 1 amide bonds. The molecule has 104 valence electrons. The number of hydrogen-bond acceptors (Lipinski definition) is 4. The molecule has 0 atom stereocenters. The molecular weight excluding hydrogens is 250 g/mol. The highest BCUT2D eigenvalue weighted by Crippen LogP contribution is 2.22. The molecular formula is C13H17NO5. The number of aliphatic carboxylic acids is 1. The van der Waals surface area contributed by atoms with Crippen molar-refractivity contribution < 1.29 is 24.2 Å². The first-order valence-corrected chi connectivity index (χ1v) is 5.79. The van der Waals surface area contributed by atoms with Crippen LogP contribution in [0.2, 0.25) is 0 Å². The summed E-state index contributed by atoms with van der Waals surface area (Å²) in [6, 6.07) is 5.23. The zero-order chi connectivity index (χ0) is 14.3. The number of nitrogens with one attached hydrogen (secondary N) is 1. The summed E-state index contributed by atoms with van der Waals surface area (Å²) in [7, 11) is 1.58. The van der Waals surface area contributed by atoms with Gasteiger partial charge in [0.05, 0.1) is 13.5 Å². The second-order valence-corrected chi connectivity index (χ2v) is 3.91. The summed E-state index contributed by atoms with van der Waals surface area (Å²) < 4.78 is 10.4. The molecule has 1 aromatic carbocycles. The number of methoxy groups -OCH3 is 1. The van der Waals surface area contributed by atoms with Gasteiger partial charge in [-0.3, -0.25) is 9.59 Å². The van der Waals surface area contributed by atoms with Gasteiger partial charge in [0.1, 0.15) is 11.5 Å².